The molecule has 0 unspecified atom stereocenters. The third-order valence-electron chi connectivity index (χ3n) is 3.90. The Morgan fingerprint density at radius 3 is 2.64 bits per heavy atom. The minimum absolute atomic E-state index is 0.119. The number of carbonyl (C=O) groups is 1. The van der Waals surface area contributed by atoms with Gasteiger partial charge in [0.05, 0.1) is 12.4 Å². The molecule has 1 aromatic rings. The Hall–Kier alpha value is -1.56. The van der Waals surface area contributed by atoms with E-state index in [-0.39, 0.29) is 17.6 Å². The maximum atomic E-state index is 11.9. The average Bonchev–Trinajstić information content (AvgIpc) is 2.28. The van der Waals surface area contributed by atoms with Gasteiger partial charge in [0, 0.05) is 18.5 Å². The van der Waals surface area contributed by atoms with Crippen LogP contribution in [0, 0.1) is 5.41 Å². The summed E-state index contributed by atoms with van der Waals surface area (Å²) in [6, 6.07) is 0. The molecule has 2 aliphatic rings. The average molecular weight is 326 g/mol. The Labute approximate surface area is 134 Å². The molecule has 7 heteroatoms. The van der Waals surface area contributed by atoms with Gasteiger partial charge in [-0.2, -0.15) is 4.98 Å². The summed E-state index contributed by atoms with van der Waals surface area (Å²) in [6.07, 6.45) is 4.75. The fraction of sp³-hybridized carbons (Fsp3) is 0.667. The molecule has 0 atom stereocenters. The Morgan fingerprint density at radius 1 is 1.36 bits per heavy atom. The zero-order valence-corrected chi connectivity index (χ0v) is 13.8. The highest BCUT2D eigenvalue weighted by Crippen LogP contribution is 2.49. The van der Waals surface area contributed by atoms with E-state index in [9.17, 15) is 4.79 Å². The first-order chi connectivity index (χ1) is 10.2. The number of carbonyl (C=O) groups excluding carboxylic acids is 1. The number of hydrogen-bond donors (Lipinski definition) is 0. The van der Waals surface area contributed by atoms with E-state index in [1.807, 2.05) is 20.8 Å². The van der Waals surface area contributed by atoms with Gasteiger partial charge in [0.2, 0.25) is 5.88 Å². The largest absolute Gasteiger partial charge is 0.473 e. The highest BCUT2D eigenvalue weighted by atomic mass is 35.5. The third-order valence-corrected chi connectivity index (χ3v) is 4.08. The topological polar surface area (TPSA) is 64.5 Å². The predicted molar refractivity (Wildman–Crippen MR) is 80.9 cm³/mol. The second kappa shape index (κ2) is 5.26. The summed E-state index contributed by atoms with van der Waals surface area (Å²) in [6.45, 7) is 7.10. The molecule has 6 nitrogen and oxygen atoms in total. The van der Waals surface area contributed by atoms with Crippen LogP contribution in [-0.4, -0.2) is 45.8 Å². The molecule has 0 N–H and O–H groups in total. The van der Waals surface area contributed by atoms with Crippen molar-refractivity contribution >= 4 is 17.7 Å². The summed E-state index contributed by atoms with van der Waals surface area (Å²) in [5.41, 5.74) is -0.260. The minimum atomic E-state index is -0.448. The number of halogens is 1. The van der Waals surface area contributed by atoms with Gasteiger partial charge in [-0.1, -0.05) is 11.6 Å². The van der Waals surface area contributed by atoms with Crippen molar-refractivity contribution in [2.24, 2.45) is 5.41 Å². The molecule has 3 rings (SSSR count). The summed E-state index contributed by atoms with van der Waals surface area (Å²) in [5.74, 6) is 0.454. The molecule has 2 fully saturated rings. The Balaban J connectivity index is 1.44. The van der Waals surface area contributed by atoms with Gasteiger partial charge in [-0.05, 0) is 33.6 Å². The van der Waals surface area contributed by atoms with Crippen molar-refractivity contribution in [3.63, 3.8) is 0 Å². The van der Waals surface area contributed by atoms with Crippen molar-refractivity contribution in [1.29, 1.82) is 0 Å². The quantitative estimate of drug-likeness (QED) is 0.836. The van der Waals surface area contributed by atoms with E-state index in [2.05, 4.69) is 9.97 Å². The molecule has 0 bridgehead atoms. The van der Waals surface area contributed by atoms with Gasteiger partial charge < -0.3 is 14.4 Å². The number of aromatic nitrogens is 2. The van der Waals surface area contributed by atoms with Gasteiger partial charge in [-0.15, -0.1) is 0 Å². The van der Waals surface area contributed by atoms with Crippen LogP contribution < -0.4 is 4.74 Å². The first kappa shape index (κ1) is 15.3. The van der Waals surface area contributed by atoms with Crippen LogP contribution in [0.1, 0.15) is 33.6 Å². The van der Waals surface area contributed by atoms with Gasteiger partial charge in [-0.3, -0.25) is 4.98 Å². The lowest BCUT2D eigenvalue weighted by Gasteiger charge is -2.57. The summed E-state index contributed by atoms with van der Waals surface area (Å²) < 4.78 is 11.1. The van der Waals surface area contributed by atoms with Crippen LogP contribution in [-0.2, 0) is 4.74 Å². The lowest BCUT2D eigenvalue weighted by molar-refractivity contribution is -0.117. The van der Waals surface area contributed by atoms with Gasteiger partial charge >= 0.3 is 6.09 Å². The Morgan fingerprint density at radius 2 is 2.05 bits per heavy atom. The highest BCUT2D eigenvalue weighted by molar-refractivity contribution is 6.29. The minimum Gasteiger partial charge on any atom is -0.473 e. The van der Waals surface area contributed by atoms with Crippen molar-refractivity contribution in [3.05, 3.63) is 17.5 Å². The molecule has 120 valence electrons. The van der Waals surface area contributed by atoms with Gasteiger partial charge in [0.25, 0.3) is 0 Å². The van der Waals surface area contributed by atoms with Gasteiger partial charge in [0.15, 0.2) is 5.15 Å². The number of nitrogens with zero attached hydrogens (tertiary/aromatic N) is 3. The van der Waals surface area contributed by atoms with Crippen LogP contribution in [0.4, 0.5) is 4.79 Å². The van der Waals surface area contributed by atoms with E-state index in [0.29, 0.717) is 11.0 Å². The van der Waals surface area contributed by atoms with E-state index in [1.165, 1.54) is 6.20 Å². The fourth-order valence-electron chi connectivity index (χ4n) is 3.02. The molecule has 1 saturated carbocycles. The molecule has 1 saturated heterocycles. The van der Waals surface area contributed by atoms with Crippen molar-refractivity contribution < 1.29 is 14.3 Å². The normalized spacial score (nSPS) is 20.3. The summed E-state index contributed by atoms with van der Waals surface area (Å²) in [5, 5.41) is 0.325. The molecule has 0 radical (unpaired) electrons. The molecule has 22 heavy (non-hydrogen) atoms. The van der Waals surface area contributed by atoms with Crippen molar-refractivity contribution in [1.82, 2.24) is 14.9 Å². The summed E-state index contributed by atoms with van der Waals surface area (Å²) >= 11 is 5.78. The van der Waals surface area contributed by atoms with Crippen LogP contribution in [0.25, 0.3) is 0 Å². The van der Waals surface area contributed by atoms with E-state index in [4.69, 9.17) is 21.1 Å². The predicted octanol–water partition coefficient (Wildman–Crippen LogP) is 2.91. The van der Waals surface area contributed by atoms with Crippen LogP contribution in [0.5, 0.6) is 5.88 Å². The van der Waals surface area contributed by atoms with Crippen molar-refractivity contribution in [2.45, 2.75) is 45.3 Å². The lowest BCUT2D eigenvalue weighted by Crippen LogP contribution is -2.66. The SMILES string of the molecule is CC(C)(C)OC(=O)N1CC2(CC(Oc3cncc(Cl)n3)C2)C1. The Kier molecular flexibility index (Phi) is 3.67. The number of likely N-dealkylation sites (tertiary alicyclic amines) is 1. The monoisotopic (exact) mass is 325 g/mol. The molecule has 0 aromatic carbocycles. The van der Waals surface area contributed by atoms with E-state index < -0.39 is 5.60 Å². The smallest absolute Gasteiger partial charge is 0.410 e. The molecule has 1 spiro atoms. The van der Waals surface area contributed by atoms with Crippen molar-refractivity contribution in [2.75, 3.05) is 13.1 Å². The molecular formula is C15H20ClN3O3. The second-order valence-electron chi connectivity index (χ2n) is 7.16. The van der Waals surface area contributed by atoms with Crippen LogP contribution >= 0.6 is 11.6 Å². The number of amides is 1. The van der Waals surface area contributed by atoms with Crippen molar-refractivity contribution in [3.8, 4) is 5.88 Å². The van der Waals surface area contributed by atoms with E-state index in [1.54, 1.807) is 11.1 Å². The van der Waals surface area contributed by atoms with E-state index in [0.717, 1.165) is 25.9 Å². The maximum absolute atomic E-state index is 11.9. The standard InChI is InChI=1S/C15H20ClN3O3/c1-14(2,3)22-13(20)19-8-15(9-19)4-10(5-15)21-12-7-17-6-11(16)18-12/h6-7,10H,4-5,8-9H2,1-3H3. The molecular weight excluding hydrogens is 306 g/mol. The van der Waals surface area contributed by atoms with Gasteiger partial charge in [-0.25, -0.2) is 4.79 Å². The summed E-state index contributed by atoms with van der Waals surface area (Å²) in [4.78, 5) is 21.7. The van der Waals surface area contributed by atoms with Gasteiger partial charge in [0.1, 0.15) is 11.7 Å². The van der Waals surface area contributed by atoms with Crippen LogP contribution in [0.15, 0.2) is 12.4 Å². The maximum Gasteiger partial charge on any atom is 0.410 e. The first-order valence-corrected chi connectivity index (χ1v) is 7.75. The number of ether oxygens (including phenoxy) is 2. The molecule has 2 heterocycles. The van der Waals surface area contributed by atoms with Crippen LogP contribution in [0.2, 0.25) is 5.15 Å². The number of rotatable bonds is 2. The number of hydrogen-bond acceptors (Lipinski definition) is 5. The molecule has 1 aliphatic heterocycles. The lowest BCUT2D eigenvalue weighted by atomic mass is 9.62. The summed E-state index contributed by atoms with van der Waals surface area (Å²) in [7, 11) is 0. The van der Waals surface area contributed by atoms with Crippen LogP contribution in [0.3, 0.4) is 0 Å². The van der Waals surface area contributed by atoms with E-state index >= 15 is 0 Å². The molecule has 1 aliphatic carbocycles. The molecule has 1 amide bonds. The highest BCUT2D eigenvalue weighted by Gasteiger charge is 2.55. The second-order valence-corrected chi connectivity index (χ2v) is 7.55. The fourth-order valence-corrected chi connectivity index (χ4v) is 3.16. The first-order valence-electron chi connectivity index (χ1n) is 7.37. The third kappa shape index (κ3) is 3.27. The molecule has 1 aromatic heterocycles. The Bertz CT molecular complexity index is 574. The zero-order valence-electron chi connectivity index (χ0n) is 13.0. The zero-order chi connectivity index (χ0) is 16.0.